The number of Topliss-reactive ketones (excluding diaryl/α,β-unsaturated/α-hetero) is 1. The lowest BCUT2D eigenvalue weighted by molar-refractivity contribution is -0.384. The Kier molecular flexibility index (Phi) is 5.74. The fourth-order valence-corrected chi connectivity index (χ4v) is 5.10. The van der Waals surface area contributed by atoms with Gasteiger partial charge in [0, 0.05) is 41.8 Å². The second-order valence-electron chi connectivity index (χ2n) is 10.0. The Morgan fingerprint density at radius 3 is 2.53 bits per heavy atom. The topological polar surface area (TPSA) is 106 Å². The van der Waals surface area contributed by atoms with Gasteiger partial charge in [0.25, 0.3) is 5.69 Å². The average molecular weight is 486 g/mol. The molecular weight excluding hydrogens is 458 g/mol. The maximum atomic E-state index is 13.6. The van der Waals surface area contributed by atoms with Crippen molar-refractivity contribution in [1.82, 2.24) is 0 Å². The van der Waals surface area contributed by atoms with Crippen LogP contribution in [0.25, 0.3) is 11.3 Å². The number of carbonyl (C=O) groups excluding carboxylic acids is 2. The molecule has 1 aliphatic carbocycles. The van der Waals surface area contributed by atoms with E-state index in [1.807, 2.05) is 24.3 Å². The van der Waals surface area contributed by atoms with Crippen molar-refractivity contribution >= 4 is 28.8 Å². The smallest absolute Gasteiger partial charge is 0.269 e. The van der Waals surface area contributed by atoms with Crippen LogP contribution in [0.5, 0.6) is 0 Å². The van der Waals surface area contributed by atoms with Crippen molar-refractivity contribution in [2.45, 2.75) is 46.1 Å². The number of furan rings is 1. The number of nitro benzene ring substituents is 1. The number of nitrogens with zero attached hydrogens (tertiary/aromatic N) is 2. The van der Waals surface area contributed by atoms with Crippen molar-refractivity contribution in [2.24, 2.45) is 5.41 Å². The second-order valence-corrected chi connectivity index (χ2v) is 10.0. The summed E-state index contributed by atoms with van der Waals surface area (Å²) < 4.78 is 6.28. The molecule has 0 radical (unpaired) electrons. The molecule has 0 saturated heterocycles. The number of nitro groups is 1. The molecule has 1 unspecified atom stereocenters. The third kappa shape index (κ3) is 4.08. The lowest BCUT2D eigenvalue weighted by Crippen LogP contribution is -2.39. The minimum Gasteiger partial charge on any atom is -0.459 e. The fraction of sp³-hybridized carbons (Fsp3) is 0.286. The van der Waals surface area contributed by atoms with Crippen molar-refractivity contribution in [1.29, 1.82) is 0 Å². The first-order chi connectivity index (χ1) is 17.2. The van der Waals surface area contributed by atoms with Crippen LogP contribution >= 0.6 is 0 Å². The summed E-state index contributed by atoms with van der Waals surface area (Å²) >= 11 is 0. The van der Waals surface area contributed by atoms with Gasteiger partial charge in [0.15, 0.2) is 5.78 Å². The van der Waals surface area contributed by atoms with Crippen LogP contribution in [0.2, 0.25) is 0 Å². The Balaban J connectivity index is 1.68. The van der Waals surface area contributed by atoms with Gasteiger partial charge in [0.2, 0.25) is 5.91 Å². The molecule has 1 amide bonds. The molecule has 5 rings (SSSR count). The highest BCUT2D eigenvalue weighted by Crippen LogP contribution is 2.49. The summed E-state index contributed by atoms with van der Waals surface area (Å²) in [4.78, 5) is 39.3. The molecule has 2 aliphatic rings. The normalized spacial score (nSPS) is 18.7. The maximum absolute atomic E-state index is 13.6. The van der Waals surface area contributed by atoms with E-state index in [-0.39, 0.29) is 29.2 Å². The minimum absolute atomic E-state index is 0.0121. The Morgan fingerprint density at radius 1 is 1.11 bits per heavy atom. The molecule has 0 bridgehead atoms. The van der Waals surface area contributed by atoms with Gasteiger partial charge in [-0.05, 0) is 48.2 Å². The van der Waals surface area contributed by atoms with E-state index in [9.17, 15) is 19.7 Å². The number of non-ortho nitro benzene ring substituents is 1. The fourth-order valence-electron chi connectivity index (χ4n) is 5.10. The number of benzene rings is 2. The van der Waals surface area contributed by atoms with E-state index in [0.29, 0.717) is 41.2 Å². The van der Waals surface area contributed by atoms with Crippen LogP contribution < -0.4 is 10.2 Å². The molecule has 0 saturated carbocycles. The van der Waals surface area contributed by atoms with Gasteiger partial charge in [-0.25, -0.2) is 0 Å². The number of hydrogen-bond donors (Lipinski definition) is 1. The van der Waals surface area contributed by atoms with Crippen molar-refractivity contribution in [3.63, 3.8) is 0 Å². The Labute approximate surface area is 208 Å². The molecule has 3 aromatic rings. The summed E-state index contributed by atoms with van der Waals surface area (Å²) in [6.45, 7) is 5.93. The summed E-state index contributed by atoms with van der Waals surface area (Å²) in [5.41, 5.74) is 3.22. The zero-order valence-electron chi connectivity index (χ0n) is 20.4. The van der Waals surface area contributed by atoms with Gasteiger partial charge in [-0.1, -0.05) is 32.9 Å². The predicted octanol–water partition coefficient (Wildman–Crippen LogP) is 6.41. The van der Waals surface area contributed by atoms with E-state index in [4.69, 9.17) is 4.42 Å². The zero-order chi connectivity index (χ0) is 25.6. The standard InChI is InChI=1S/C28H27N3O5/c1-4-25(33)30-21-8-6-5-7-19(21)29-20-15-28(2,3)16-22(32)26(20)27(30)24-14-13-23(36-24)17-9-11-18(12-10-17)31(34)35/h5-14,27,29H,4,15-16H2,1-3H3. The Bertz CT molecular complexity index is 1400. The molecule has 2 aromatic carbocycles. The summed E-state index contributed by atoms with van der Waals surface area (Å²) in [5, 5.41) is 14.5. The summed E-state index contributed by atoms with van der Waals surface area (Å²) in [7, 11) is 0. The number of para-hydroxylation sites is 2. The minimum atomic E-state index is -0.737. The molecule has 0 spiro atoms. The first-order valence-corrected chi connectivity index (χ1v) is 12.0. The lowest BCUT2D eigenvalue weighted by Gasteiger charge is -2.36. The molecule has 36 heavy (non-hydrogen) atoms. The molecule has 2 heterocycles. The van der Waals surface area contributed by atoms with Crippen molar-refractivity contribution in [3.8, 4) is 11.3 Å². The number of rotatable bonds is 4. The van der Waals surface area contributed by atoms with E-state index in [0.717, 1.165) is 11.4 Å². The number of carbonyl (C=O) groups is 2. The van der Waals surface area contributed by atoms with Crippen LogP contribution in [0, 0.1) is 15.5 Å². The number of anilines is 2. The van der Waals surface area contributed by atoms with Gasteiger partial charge in [-0.15, -0.1) is 0 Å². The third-order valence-corrected chi connectivity index (χ3v) is 6.73. The molecule has 1 atom stereocenters. The molecule has 184 valence electrons. The van der Waals surface area contributed by atoms with Crippen LogP contribution in [-0.2, 0) is 9.59 Å². The van der Waals surface area contributed by atoms with Crippen molar-refractivity contribution in [2.75, 3.05) is 10.2 Å². The van der Waals surface area contributed by atoms with Gasteiger partial charge in [-0.2, -0.15) is 0 Å². The van der Waals surface area contributed by atoms with Gasteiger partial charge < -0.3 is 9.73 Å². The van der Waals surface area contributed by atoms with Crippen LogP contribution in [0.1, 0.15) is 51.8 Å². The SMILES string of the molecule is CCC(=O)N1c2ccccc2NC2=C(C(=O)CC(C)(C)C2)C1c1ccc(-c2ccc([N+](=O)[O-])cc2)o1. The second kappa shape index (κ2) is 8.78. The molecule has 8 heteroatoms. The number of ketones is 1. The average Bonchev–Trinajstić information content (AvgIpc) is 3.27. The first kappa shape index (κ1) is 23.5. The molecular formula is C28H27N3O5. The highest BCUT2D eigenvalue weighted by molar-refractivity contribution is 6.06. The Hall–Kier alpha value is -4.20. The van der Waals surface area contributed by atoms with Gasteiger partial charge >= 0.3 is 0 Å². The number of nitrogens with one attached hydrogen (secondary N) is 1. The summed E-state index contributed by atoms with van der Waals surface area (Å²) in [6, 6.07) is 16.5. The number of fused-ring (bicyclic) bond motifs is 1. The van der Waals surface area contributed by atoms with Gasteiger partial charge in [0.1, 0.15) is 17.6 Å². The lowest BCUT2D eigenvalue weighted by atomic mass is 9.74. The van der Waals surface area contributed by atoms with Crippen LogP contribution in [0.3, 0.4) is 0 Å². The van der Waals surface area contributed by atoms with Crippen LogP contribution in [0.15, 0.2) is 76.4 Å². The summed E-state index contributed by atoms with van der Waals surface area (Å²) in [6.07, 6.45) is 1.27. The zero-order valence-corrected chi connectivity index (χ0v) is 20.4. The molecule has 1 N–H and O–H groups in total. The molecule has 0 fully saturated rings. The summed E-state index contributed by atoms with van der Waals surface area (Å²) in [5.74, 6) is 0.812. The quantitative estimate of drug-likeness (QED) is 0.338. The molecule has 1 aromatic heterocycles. The van der Waals surface area contributed by atoms with Gasteiger partial charge in [0.05, 0.1) is 16.3 Å². The first-order valence-electron chi connectivity index (χ1n) is 12.0. The molecule has 1 aliphatic heterocycles. The van der Waals surface area contributed by atoms with E-state index >= 15 is 0 Å². The molecule has 8 nitrogen and oxygen atoms in total. The Morgan fingerprint density at radius 2 is 1.83 bits per heavy atom. The van der Waals surface area contributed by atoms with Crippen molar-refractivity contribution in [3.05, 3.63) is 87.8 Å². The monoisotopic (exact) mass is 485 g/mol. The number of allylic oxidation sites excluding steroid dienone is 1. The highest BCUT2D eigenvalue weighted by atomic mass is 16.6. The van der Waals surface area contributed by atoms with E-state index in [1.54, 1.807) is 36.1 Å². The van der Waals surface area contributed by atoms with E-state index in [1.165, 1.54) is 12.1 Å². The number of hydrogen-bond acceptors (Lipinski definition) is 6. The predicted molar refractivity (Wildman–Crippen MR) is 136 cm³/mol. The largest absolute Gasteiger partial charge is 0.459 e. The van der Waals surface area contributed by atoms with Crippen molar-refractivity contribution < 1.29 is 18.9 Å². The maximum Gasteiger partial charge on any atom is 0.269 e. The highest BCUT2D eigenvalue weighted by Gasteiger charge is 2.44. The van der Waals surface area contributed by atoms with E-state index in [2.05, 4.69) is 19.2 Å². The van der Waals surface area contributed by atoms with Crippen LogP contribution in [0.4, 0.5) is 17.1 Å². The van der Waals surface area contributed by atoms with Crippen LogP contribution in [-0.4, -0.2) is 16.6 Å². The number of amides is 1. The third-order valence-electron chi connectivity index (χ3n) is 6.73. The van der Waals surface area contributed by atoms with Gasteiger partial charge in [-0.3, -0.25) is 24.6 Å². The van der Waals surface area contributed by atoms with E-state index < -0.39 is 11.0 Å².